The summed E-state index contributed by atoms with van der Waals surface area (Å²) in [6, 6.07) is 0. The Kier molecular flexibility index (Phi) is 50.8. The molecule has 0 aliphatic carbocycles. The fourth-order valence-electron chi connectivity index (χ4n) is 7.91. The first-order valence-corrected chi connectivity index (χ1v) is 27.6. The lowest BCUT2D eigenvalue weighted by atomic mass is 10.0. The van der Waals surface area contributed by atoms with Crippen molar-refractivity contribution in [2.75, 3.05) is 13.2 Å². The molecule has 0 rings (SSSR count). The van der Waals surface area contributed by atoms with Gasteiger partial charge in [-0.05, 0) is 57.8 Å². The van der Waals surface area contributed by atoms with E-state index < -0.39 is 6.10 Å². The molecule has 0 heterocycles. The van der Waals surface area contributed by atoms with Gasteiger partial charge in [0.2, 0.25) is 0 Å². The number of hydrogen-bond acceptors (Lipinski definition) is 6. The minimum atomic E-state index is -0.797. The molecule has 0 aromatic carbocycles. The van der Waals surface area contributed by atoms with Gasteiger partial charge in [0.25, 0.3) is 0 Å². The molecule has 0 aliphatic heterocycles. The molecule has 0 aromatic rings. The molecule has 1 atom stereocenters. The summed E-state index contributed by atoms with van der Waals surface area (Å²) < 4.78 is 16.8. The fourth-order valence-corrected chi connectivity index (χ4v) is 7.91. The van der Waals surface area contributed by atoms with E-state index in [1.54, 1.807) is 0 Å². The lowest BCUT2D eigenvalue weighted by molar-refractivity contribution is -0.167. The number of carbonyl (C=O) groups is 3. The van der Waals surface area contributed by atoms with Crippen LogP contribution in [0.25, 0.3) is 0 Å². The van der Waals surface area contributed by atoms with E-state index in [0.29, 0.717) is 19.3 Å². The molecule has 0 bridgehead atoms. The van der Waals surface area contributed by atoms with Gasteiger partial charge in [0.05, 0.1) is 0 Å². The molecule has 64 heavy (non-hydrogen) atoms. The summed E-state index contributed by atoms with van der Waals surface area (Å²) in [5, 5.41) is 0. The Morgan fingerprint density at radius 3 is 0.922 bits per heavy atom. The number of unbranched alkanes of at least 4 members (excludes halogenated alkanes) is 31. The highest BCUT2D eigenvalue weighted by molar-refractivity contribution is 5.71. The molecular weight excluding hydrogens is 793 g/mol. The first-order valence-electron chi connectivity index (χ1n) is 27.6. The summed E-state index contributed by atoms with van der Waals surface area (Å²) in [4.78, 5) is 38.0. The van der Waals surface area contributed by atoms with Gasteiger partial charge in [0.15, 0.2) is 6.10 Å². The van der Waals surface area contributed by atoms with Crippen LogP contribution in [0.3, 0.4) is 0 Å². The summed E-state index contributed by atoms with van der Waals surface area (Å²) in [5.74, 6) is -0.935. The highest BCUT2D eigenvalue weighted by atomic mass is 16.6. The zero-order valence-electron chi connectivity index (χ0n) is 42.6. The second-order valence-electron chi connectivity index (χ2n) is 18.5. The number of carbonyl (C=O) groups excluding carboxylic acids is 3. The molecule has 0 N–H and O–H groups in total. The molecule has 0 fully saturated rings. The van der Waals surface area contributed by atoms with Crippen LogP contribution in [0.1, 0.15) is 284 Å². The Balaban J connectivity index is 4.39. The lowest BCUT2D eigenvalue weighted by Gasteiger charge is -2.18. The molecule has 0 saturated carbocycles. The fraction of sp³-hybridized carbons (Fsp3) is 0.810. The molecule has 6 nitrogen and oxygen atoms in total. The van der Waals surface area contributed by atoms with Crippen molar-refractivity contribution in [3.05, 3.63) is 48.6 Å². The number of esters is 3. The average Bonchev–Trinajstić information content (AvgIpc) is 3.29. The van der Waals surface area contributed by atoms with Gasteiger partial charge in [-0.1, -0.05) is 256 Å². The van der Waals surface area contributed by atoms with Gasteiger partial charge < -0.3 is 14.2 Å². The first-order chi connectivity index (χ1) is 31.5. The van der Waals surface area contributed by atoms with Crippen LogP contribution in [0.2, 0.25) is 0 Å². The van der Waals surface area contributed by atoms with Gasteiger partial charge in [0.1, 0.15) is 13.2 Å². The first kappa shape index (κ1) is 61.4. The van der Waals surface area contributed by atoms with Gasteiger partial charge >= 0.3 is 17.9 Å². The van der Waals surface area contributed by atoms with E-state index in [2.05, 4.69) is 69.4 Å². The van der Waals surface area contributed by atoms with Gasteiger partial charge in [-0.15, -0.1) is 0 Å². The topological polar surface area (TPSA) is 78.9 Å². The van der Waals surface area contributed by atoms with E-state index in [-0.39, 0.29) is 37.5 Å². The molecule has 0 amide bonds. The monoisotopic (exact) mass is 897 g/mol. The summed E-state index contributed by atoms with van der Waals surface area (Å²) in [5.41, 5.74) is 0. The maximum absolute atomic E-state index is 12.8. The standard InChI is InChI=1S/C58H104O6/c1-4-7-10-13-16-19-22-24-26-28-30-31-33-36-39-42-45-48-51-57(60)63-54-55(53-62-56(59)50-47-44-41-38-35-21-18-15-12-9-6-3)64-58(61)52-49-46-43-40-37-34-32-29-27-25-23-20-17-14-11-8-5-2/h17,20,25,27,32,34,40,43,55H,4-16,18-19,21-24,26,28-31,33,35-39,41-42,44-54H2,1-3H3/b20-17-,27-25-,34-32-,43-40-/t55-/m1/s1. The van der Waals surface area contributed by atoms with Crippen LogP contribution in [0.4, 0.5) is 0 Å². The average molecular weight is 897 g/mol. The number of hydrogen-bond donors (Lipinski definition) is 0. The van der Waals surface area contributed by atoms with E-state index in [4.69, 9.17) is 14.2 Å². The molecule has 0 radical (unpaired) electrons. The zero-order valence-corrected chi connectivity index (χ0v) is 42.6. The Hall–Kier alpha value is -2.63. The van der Waals surface area contributed by atoms with Gasteiger partial charge in [-0.3, -0.25) is 14.4 Å². The number of allylic oxidation sites excluding steroid dienone is 8. The molecule has 372 valence electrons. The third-order valence-electron chi connectivity index (χ3n) is 12.1. The minimum absolute atomic E-state index is 0.0908. The molecule has 0 unspecified atom stereocenters. The van der Waals surface area contributed by atoms with Crippen molar-refractivity contribution in [2.24, 2.45) is 0 Å². The highest BCUT2D eigenvalue weighted by Crippen LogP contribution is 2.16. The van der Waals surface area contributed by atoms with E-state index in [0.717, 1.165) is 64.2 Å². The molecule has 0 spiro atoms. The van der Waals surface area contributed by atoms with Crippen LogP contribution >= 0.6 is 0 Å². The molecule has 6 heteroatoms. The van der Waals surface area contributed by atoms with E-state index in [1.165, 1.54) is 173 Å². The largest absolute Gasteiger partial charge is 0.462 e. The SMILES string of the molecule is CCCCC/C=C\C/C=C\C/C=C\C/C=C\CCCC(=O)O[C@H](COC(=O)CCCCCCCCCCCCC)COC(=O)CCCCCCCCCCCCCCCCCCCC. The number of ether oxygens (including phenoxy) is 3. The van der Waals surface area contributed by atoms with Crippen molar-refractivity contribution in [3.63, 3.8) is 0 Å². The van der Waals surface area contributed by atoms with Crippen LogP contribution in [-0.2, 0) is 28.6 Å². The van der Waals surface area contributed by atoms with Gasteiger partial charge in [0, 0.05) is 19.3 Å². The molecule has 0 aromatic heterocycles. The summed E-state index contributed by atoms with van der Waals surface area (Å²) in [6.07, 6.45) is 63.9. The Morgan fingerprint density at radius 1 is 0.312 bits per heavy atom. The maximum Gasteiger partial charge on any atom is 0.306 e. The van der Waals surface area contributed by atoms with Crippen molar-refractivity contribution in [3.8, 4) is 0 Å². The summed E-state index contributed by atoms with van der Waals surface area (Å²) >= 11 is 0. The Labute approximate surface area is 397 Å². The van der Waals surface area contributed by atoms with Crippen LogP contribution in [-0.4, -0.2) is 37.2 Å². The Bertz CT molecular complexity index is 1120. The predicted octanol–water partition coefficient (Wildman–Crippen LogP) is 18.3. The predicted molar refractivity (Wildman–Crippen MR) is 275 cm³/mol. The van der Waals surface area contributed by atoms with Crippen LogP contribution in [0.5, 0.6) is 0 Å². The molecular formula is C58H104O6. The second-order valence-corrected chi connectivity index (χ2v) is 18.5. The van der Waals surface area contributed by atoms with E-state index in [9.17, 15) is 14.4 Å². The normalized spacial score (nSPS) is 12.4. The summed E-state index contributed by atoms with van der Waals surface area (Å²) in [6.45, 7) is 6.59. The Morgan fingerprint density at radius 2 is 0.578 bits per heavy atom. The lowest BCUT2D eigenvalue weighted by Crippen LogP contribution is -2.30. The van der Waals surface area contributed by atoms with Crippen molar-refractivity contribution in [1.82, 2.24) is 0 Å². The van der Waals surface area contributed by atoms with E-state index in [1.807, 2.05) is 0 Å². The van der Waals surface area contributed by atoms with Crippen LogP contribution < -0.4 is 0 Å². The molecule has 0 saturated heterocycles. The van der Waals surface area contributed by atoms with Crippen molar-refractivity contribution in [1.29, 1.82) is 0 Å². The van der Waals surface area contributed by atoms with Gasteiger partial charge in [-0.25, -0.2) is 0 Å². The van der Waals surface area contributed by atoms with Crippen molar-refractivity contribution >= 4 is 17.9 Å². The number of rotatable bonds is 50. The van der Waals surface area contributed by atoms with Crippen molar-refractivity contribution < 1.29 is 28.6 Å². The smallest absolute Gasteiger partial charge is 0.306 e. The zero-order chi connectivity index (χ0) is 46.5. The van der Waals surface area contributed by atoms with Crippen LogP contribution in [0, 0.1) is 0 Å². The minimum Gasteiger partial charge on any atom is -0.462 e. The maximum atomic E-state index is 12.8. The third-order valence-corrected chi connectivity index (χ3v) is 12.1. The highest BCUT2D eigenvalue weighted by Gasteiger charge is 2.19. The summed E-state index contributed by atoms with van der Waals surface area (Å²) in [7, 11) is 0. The van der Waals surface area contributed by atoms with E-state index >= 15 is 0 Å². The van der Waals surface area contributed by atoms with Gasteiger partial charge in [-0.2, -0.15) is 0 Å². The molecule has 0 aliphatic rings. The van der Waals surface area contributed by atoms with Crippen LogP contribution in [0.15, 0.2) is 48.6 Å². The second kappa shape index (κ2) is 53.0. The quantitative estimate of drug-likeness (QED) is 0.0262. The third kappa shape index (κ3) is 50.4. The van der Waals surface area contributed by atoms with Crippen molar-refractivity contribution in [2.45, 2.75) is 290 Å².